The van der Waals surface area contributed by atoms with Crippen LogP contribution >= 0.6 is 0 Å². The van der Waals surface area contributed by atoms with E-state index < -0.39 is 6.10 Å². The molecule has 0 spiro atoms. The van der Waals surface area contributed by atoms with Gasteiger partial charge < -0.3 is 14.2 Å². The highest BCUT2D eigenvalue weighted by Gasteiger charge is 2.17. The summed E-state index contributed by atoms with van der Waals surface area (Å²) in [4.78, 5) is 25.3. The lowest BCUT2D eigenvalue weighted by Gasteiger charge is -2.18. The topological polar surface area (TPSA) is 61.8 Å². The van der Waals surface area contributed by atoms with Gasteiger partial charge in [-0.3, -0.25) is 9.59 Å². The Balaban J connectivity index is 4.45. The predicted molar refractivity (Wildman–Crippen MR) is 260 cm³/mol. The molecule has 0 heterocycles. The smallest absolute Gasteiger partial charge is 0.309 e. The molecule has 1 unspecified atom stereocenters. The SMILES string of the molecule is CC/C=C\C/C=C\C/C=C\C/C=C\C/C=C\CC(=O)OCC(COCCCCCCCC/C=C\C/C=C\CCCCC)OC(=O)CCCCCCC/C=C\C/C=C\CCC. The van der Waals surface area contributed by atoms with E-state index in [-0.39, 0.29) is 31.6 Å². The van der Waals surface area contributed by atoms with Gasteiger partial charge in [0.1, 0.15) is 6.61 Å². The van der Waals surface area contributed by atoms with E-state index in [2.05, 4.69) is 118 Å². The molecule has 5 heteroatoms. The van der Waals surface area contributed by atoms with E-state index in [0.717, 1.165) is 96.3 Å². The fourth-order valence-corrected chi connectivity index (χ4v) is 6.18. The highest BCUT2D eigenvalue weighted by Crippen LogP contribution is 2.12. The summed E-state index contributed by atoms with van der Waals surface area (Å²) in [5, 5.41) is 0. The van der Waals surface area contributed by atoms with Gasteiger partial charge in [0.15, 0.2) is 6.10 Å². The average molecular weight is 831 g/mol. The molecule has 0 saturated carbocycles. The number of unbranched alkanes of at least 4 members (excludes halogenated alkanes) is 15. The van der Waals surface area contributed by atoms with Crippen molar-refractivity contribution >= 4 is 11.9 Å². The molecule has 340 valence electrons. The summed E-state index contributed by atoms with van der Waals surface area (Å²) in [5.74, 6) is -0.573. The highest BCUT2D eigenvalue weighted by atomic mass is 16.6. The van der Waals surface area contributed by atoms with Crippen molar-refractivity contribution < 1.29 is 23.8 Å². The summed E-state index contributed by atoms with van der Waals surface area (Å²) in [5.41, 5.74) is 0. The van der Waals surface area contributed by atoms with Crippen LogP contribution in [-0.2, 0) is 23.8 Å². The molecule has 0 aromatic heterocycles. The van der Waals surface area contributed by atoms with Crippen molar-refractivity contribution in [2.24, 2.45) is 0 Å². The fraction of sp³-hybridized carbons (Fsp3) is 0.636. The van der Waals surface area contributed by atoms with Crippen LogP contribution in [0.5, 0.6) is 0 Å². The first-order chi connectivity index (χ1) is 29.6. The number of ether oxygens (including phenoxy) is 3. The molecule has 0 amide bonds. The number of hydrogen-bond acceptors (Lipinski definition) is 5. The minimum absolute atomic E-state index is 0.0148. The average Bonchev–Trinajstić information content (AvgIpc) is 3.25. The van der Waals surface area contributed by atoms with Gasteiger partial charge in [0.05, 0.1) is 13.0 Å². The summed E-state index contributed by atoms with van der Waals surface area (Å²) in [6, 6.07) is 0. The van der Waals surface area contributed by atoms with Gasteiger partial charge >= 0.3 is 11.9 Å². The normalized spacial score (nSPS) is 13.2. The Morgan fingerprint density at radius 3 is 1.35 bits per heavy atom. The molecule has 0 aromatic carbocycles. The molecule has 5 nitrogen and oxygen atoms in total. The molecule has 0 aliphatic heterocycles. The third kappa shape index (κ3) is 47.2. The zero-order valence-electron chi connectivity index (χ0n) is 38.9. The molecular weight excluding hydrogens is 741 g/mol. The van der Waals surface area contributed by atoms with E-state index in [4.69, 9.17) is 14.2 Å². The van der Waals surface area contributed by atoms with Crippen molar-refractivity contribution in [1.29, 1.82) is 0 Å². The van der Waals surface area contributed by atoms with Crippen molar-refractivity contribution in [2.75, 3.05) is 19.8 Å². The van der Waals surface area contributed by atoms with Gasteiger partial charge in [-0.05, 0) is 103 Å². The molecule has 0 bridgehead atoms. The van der Waals surface area contributed by atoms with Crippen molar-refractivity contribution in [2.45, 2.75) is 207 Å². The van der Waals surface area contributed by atoms with Crippen LogP contribution in [-0.4, -0.2) is 37.9 Å². The minimum atomic E-state index is -0.594. The second-order valence-corrected chi connectivity index (χ2v) is 15.6. The highest BCUT2D eigenvalue weighted by molar-refractivity contribution is 5.71. The van der Waals surface area contributed by atoms with E-state index in [1.165, 1.54) is 70.6 Å². The Labute approximate surface area is 370 Å². The second-order valence-electron chi connectivity index (χ2n) is 15.6. The number of allylic oxidation sites excluding steroid dienone is 17. The maximum absolute atomic E-state index is 12.8. The maximum atomic E-state index is 12.8. The van der Waals surface area contributed by atoms with Crippen LogP contribution in [0.1, 0.15) is 201 Å². The van der Waals surface area contributed by atoms with E-state index in [1.807, 2.05) is 12.2 Å². The zero-order chi connectivity index (χ0) is 43.5. The van der Waals surface area contributed by atoms with Crippen LogP contribution in [0, 0.1) is 0 Å². The number of hydrogen-bond donors (Lipinski definition) is 0. The first-order valence-electron chi connectivity index (χ1n) is 24.4. The van der Waals surface area contributed by atoms with Gasteiger partial charge in [-0.15, -0.1) is 0 Å². The van der Waals surface area contributed by atoms with Gasteiger partial charge in [-0.25, -0.2) is 0 Å². The van der Waals surface area contributed by atoms with E-state index in [9.17, 15) is 9.59 Å². The molecule has 0 fully saturated rings. The summed E-state index contributed by atoms with van der Waals surface area (Å²) < 4.78 is 17.2. The molecular formula is C55H90O5. The Bertz CT molecular complexity index is 1210. The van der Waals surface area contributed by atoms with E-state index in [1.54, 1.807) is 0 Å². The van der Waals surface area contributed by atoms with E-state index in [0.29, 0.717) is 13.0 Å². The molecule has 1 atom stereocenters. The predicted octanol–water partition coefficient (Wildman–Crippen LogP) is 16.4. The van der Waals surface area contributed by atoms with Crippen LogP contribution in [0.25, 0.3) is 0 Å². The molecule has 0 saturated heterocycles. The van der Waals surface area contributed by atoms with Crippen LogP contribution in [0.4, 0.5) is 0 Å². The van der Waals surface area contributed by atoms with Gasteiger partial charge in [0, 0.05) is 13.0 Å². The van der Waals surface area contributed by atoms with Crippen LogP contribution in [0.15, 0.2) is 109 Å². The molecule has 0 rings (SSSR count). The molecule has 0 aliphatic rings. The Morgan fingerprint density at radius 1 is 0.400 bits per heavy atom. The van der Waals surface area contributed by atoms with Gasteiger partial charge in [0.25, 0.3) is 0 Å². The van der Waals surface area contributed by atoms with Crippen molar-refractivity contribution in [3.05, 3.63) is 109 Å². The van der Waals surface area contributed by atoms with Crippen LogP contribution in [0.3, 0.4) is 0 Å². The summed E-state index contributed by atoms with van der Waals surface area (Å²) in [6.07, 6.45) is 68.3. The lowest BCUT2D eigenvalue weighted by molar-refractivity contribution is -0.162. The minimum Gasteiger partial charge on any atom is -0.461 e. The Hall–Kier alpha value is -3.44. The molecule has 0 radical (unpaired) electrons. The van der Waals surface area contributed by atoms with Crippen LogP contribution in [0.2, 0.25) is 0 Å². The van der Waals surface area contributed by atoms with Crippen molar-refractivity contribution in [1.82, 2.24) is 0 Å². The molecule has 0 aliphatic carbocycles. The number of carbonyl (C=O) groups is 2. The molecule has 0 aromatic rings. The quantitative estimate of drug-likeness (QED) is 0.0348. The fourth-order valence-electron chi connectivity index (χ4n) is 6.18. The Morgan fingerprint density at radius 2 is 0.833 bits per heavy atom. The number of rotatable bonds is 43. The molecule has 60 heavy (non-hydrogen) atoms. The molecule has 0 N–H and O–H groups in total. The van der Waals surface area contributed by atoms with Crippen molar-refractivity contribution in [3.8, 4) is 0 Å². The number of esters is 2. The monoisotopic (exact) mass is 831 g/mol. The maximum Gasteiger partial charge on any atom is 0.309 e. The third-order valence-electron chi connectivity index (χ3n) is 9.78. The number of carbonyl (C=O) groups excluding carboxylic acids is 2. The zero-order valence-corrected chi connectivity index (χ0v) is 38.9. The van der Waals surface area contributed by atoms with Gasteiger partial charge in [-0.2, -0.15) is 0 Å². The first kappa shape index (κ1) is 56.6. The van der Waals surface area contributed by atoms with E-state index >= 15 is 0 Å². The third-order valence-corrected chi connectivity index (χ3v) is 9.78. The largest absolute Gasteiger partial charge is 0.461 e. The van der Waals surface area contributed by atoms with Gasteiger partial charge in [-0.1, -0.05) is 194 Å². The standard InChI is InChI=1S/C55H90O5/c1-4-7-10-13-16-19-22-25-27-29-32-35-38-41-44-47-50-58-51-53(60-55(57)49-46-43-40-37-34-30-24-21-18-15-12-9-6-3)52-59-54(56)48-45-42-39-36-33-31-28-26-23-20-17-14-11-8-5-2/h8,11-12,15-17,19-21,24-28,33,36,42,45,53H,4-7,9-10,13-14,18,22-23,29-32,34-35,37-41,43-44,46-52H2,1-3H3/b11-8-,15-12-,19-16-,20-17-,24-21-,27-25-,28-26-,36-33-,45-42-. The summed E-state index contributed by atoms with van der Waals surface area (Å²) >= 11 is 0. The lowest BCUT2D eigenvalue weighted by Crippen LogP contribution is -2.30. The Kier molecular flexibility index (Phi) is 47.1. The van der Waals surface area contributed by atoms with Crippen molar-refractivity contribution in [3.63, 3.8) is 0 Å². The first-order valence-corrected chi connectivity index (χ1v) is 24.4. The van der Waals surface area contributed by atoms with Crippen LogP contribution < -0.4 is 0 Å². The summed E-state index contributed by atoms with van der Waals surface area (Å²) in [6.45, 7) is 7.46. The second kappa shape index (κ2) is 49.9. The summed E-state index contributed by atoms with van der Waals surface area (Å²) in [7, 11) is 0. The van der Waals surface area contributed by atoms with Gasteiger partial charge in [0.2, 0.25) is 0 Å². The lowest BCUT2D eigenvalue weighted by atomic mass is 10.1.